The number of aromatic nitrogens is 6. The lowest BCUT2D eigenvalue weighted by molar-refractivity contribution is 0.705. The van der Waals surface area contributed by atoms with Crippen molar-refractivity contribution in [3.05, 3.63) is 41.3 Å². The van der Waals surface area contributed by atoms with Gasteiger partial charge in [0.05, 0.1) is 16.7 Å². The van der Waals surface area contributed by atoms with Crippen LogP contribution < -0.4 is 5.32 Å². The fraction of sp³-hybridized carbons (Fsp3) is 0.409. The van der Waals surface area contributed by atoms with Crippen LogP contribution in [0.5, 0.6) is 0 Å². The number of anilines is 2. The van der Waals surface area contributed by atoms with Crippen LogP contribution in [0.1, 0.15) is 61.1 Å². The van der Waals surface area contributed by atoms with Crippen LogP contribution in [0.3, 0.4) is 0 Å². The summed E-state index contributed by atoms with van der Waals surface area (Å²) in [5, 5.41) is 18.7. The molecule has 0 spiro atoms. The van der Waals surface area contributed by atoms with Crippen molar-refractivity contribution in [1.29, 1.82) is 0 Å². The van der Waals surface area contributed by atoms with Crippen LogP contribution in [0.25, 0.3) is 22.2 Å². The zero-order valence-electron chi connectivity index (χ0n) is 16.9. The van der Waals surface area contributed by atoms with Gasteiger partial charge in [-0.2, -0.15) is 5.10 Å². The zero-order valence-corrected chi connectivity index (χ0v) is 17.7. The Morgan fingerprint density at radius 3 is 2.73 bits per heavy atom. The summed E-state index contributed by atoms with van der Waals surface area (Å²) in [4.78, 5) is 9.44. The third-order valence-corrected chi connectivity index (χ3v) is 7.05. The van der Waals surface area contributed by atoms with Crippen LogP contribution in [-0.4, -0.2) is 29.9 Å². The van der Waals surface area contributed by atoms with Gasteiger partial charge in [-0.25, -0.2) is 4.98 Å². The largest absolute Gasteiger partial charge is 0.315 e. The van der Waals surface area contributed by atoms with E-state index in [0.29, 0.717) is 11.8 Å². The first-order chi connectivity index (χ1) is 14.7. The first-order valence-electron chi connectivity index (χ1n) is 10.6. The van der Waals surface area contributed by atoms with E-state index in [9.17, 15) is 0 Å². The van der Waals surface area contributed by atoms with Gasteiger partial charge in [-0.05, 0) is 43.9 Å². The van der Waals surface area contributed by atoms with E-state index in [1.165, 1.54) is 49.8 Å². The quantitative estimate of drug-likeness (QED) is 0.483. The normalized spacial score (nSPS) is 17.1. The minimum absolute atomic E-state index is 0.578. The van der Waals surface area contributed by atoms with Crippen LogP contribution in [0.4, 0.5) is 10.9 Å². The highest BCUT2D eigenvalue weighted by atomic mass is 32.1. The maximum absolute atomic E-state index is 4.80. The summed E-state index contributed by atoms with van der Waals surface area (Å²) in [6.07, 6.45) is 11.5. The molecule has 4 aromatic heterocycles. The summed E-state index contributed by atoms with van der Waals surface area (Å²) in [7, 11) is 1.98. The highest BCUT2D eigenvalue weighted by Crippen LogP contribution is 2.43. The minimum Gasteiger partial charge on any atom is -0.315 e. The van der Waals surface area contributed by atoms with Crippen molar-refractivity contribution in [2.75, 3.05) is 5.32 Å². The fourth-order valence-corrected chi connectivity index (χ4v) is 5.26. The number of hydrogen-bond donors (Lipinski definition) is 1. The molecule has 0 radical (unpaired) electrons. The Hall–Kier alpha value is -2.87. The Labute approximate surface area is 178 Å². The molecule has 0 aliphatic heterocycles. The molecule has 0 saturated heterocycles. The smallest absolute Gasteiger partial charge is 0.211 e. The Bertz CT molecular complexity index is 1220. The SMILES string of the molecule is Cn1cc(-c2cnc3ccc(Nc4nnc(C5CCCC5)s4)nc3c2)c(C2CC2)n1. The molecule has 8 heteroatoms. The number of nitrogens with one attached hydrogen (secondary N) is 1. The Kier molecular flexibility index (Phi) is 4.26. The van der Waals surface area contributed by atoms with Crippen LogP contribution in [0, 0.1) is 0 Å². The third kappa shape index (κ3) is 3.35. The van der Waals surface area contributed by atoms with E-state index < -0.39 is 0 Å². The molecule has 6 rings (SSSR count). The fourth-order valence-electron chi connectivity index (χ4n) is 4.34. The Morgan fingerprint density at radius 1 is 1.03 bits per heavy atom. The molecule has 4 heterocycles. The molecular formula is C22H23N7S. The monoisotopic (exact) mass is 417 g/mol. The average Bonchev–Trinajstić information content (AvgIpc) is 3.13. The highest BCUT2D eigenvalue weighted by Gasteiger charge is 2.29. The highest BCUT2D eigenvalue weighted by molar-refractivity contribution is 7.15. The second-order valence-electron chi connectivity index (χ2n) is 8.39. The molecule has 0 atom stereocenters. The van der Waals surface area contributed by atoms with E-state index in [0.717, 1.165) is 32.6 Å². The number of rotatable bonds is 5. The molecule has 30 heavy (non-hydrogen) atoms. The molecule has 0 amide bonds. The van der Waals surface area contributed by atoms with E-state index >= 15 is 0 Å². The van der Waals surface area contributed by atoms with E-state index in [1.807, 2.05) is 30.1 Å². The van der Waals surface area contributed by atoms with Gasteiger partial charge < -0.3 is 5.32 Å². The lowest BCUT2D eigenvalue weighted by atomic mass is 10.1. The van der Waals surface area contributed by atoms with Gasteiger partial charge >= 0.3 is 0 Å². The second-order valence-corrected chi connectivity index (χ2v) is 9.40. The van der Waals surface area contributed by atoms with E-state index in [-0.39, 0.29) is 0 Å². The topological polar surface area (TPSA) is 81.4 Å². The van der Waals surface area contributed by atoms with Crippen LogP contribution in [-0.2, 0) is 7.05 Å². The molecule has 7 nitrogen and oxygen atoms in total. The van der Waals surface area contributed by atoms with Gasteiger partial charge in [0.25, 0.3) is 0 Å². The van der Waals surface area contributed by atoms with Crippen LogP contribution >= 0.6 is 11.3 Å². The van der Waals surface area contributed by atoms with Gasteiger partial charge in [-0.15, -0.1) is 10.2 Å². The molecule has 0 unspecified atom stereocenters. The summed E-state index contributed by atoms with van der Waals surface area (Å²) in [6.45, 7) is 0. The number of pyridine rings is 2. The summed E-state index contributed by atoms with van der Waals surface area (Å²) in [6, 6.07) is 6.06. The molecule has 1 N–H and O–H groups in total. The summed E-state index contributed by atoms with van der Waals surface area (Å²) >= 11 is 1.65. The maximum atomic E-state index is 4.80. The second kappa shape index (κ2) is 7.12. The number of hydrogen-bond acceptors (Lipinski definition) is 7. The molecule has 0 aromatic carbocycles. The van der Waals surface area contributed by atoms with E-state index in [4.69, 9.17) is 4.98 Å². The number of fused-ring (bicyclic) bond motifs is 1. The van der Waals surface area contributed by atoms with Gasteiger partial charge in [0.15, 0.2) is 0 Å². The predicted molar refractivity (Wildman–Crippen MR) is 118 cm³/mol. The van der Waals surface area contributed by atoms with Gasteiger partial charge in [0.2, 0.25) is 5.13 Å². The summed E-state index contributed by atoms with van der Waals surface area (Å²) in [5.41, 5.74) is 5.16. The molecular weight excluding hydrogens is 394 g/mol. The van der Waals surface area contributed by atoms with Crippen LogP contribution in [0.2, 0.25) is 0 Å². The zero-order chi connectivity index (χ0) is 20.1. The lowest BCUT2D eigenvalue weighted by Gasteiger charge is -2.06. The van der Waals surface area contributed by atoms with E-state index in [1.54, 1.807) is 11.3 Å². The molecule has 152 valence electrons. The third-order valence-electron chi connectivity index (χ3n) is 6.05. The van der Waals surface area contributed by atoms with E-state index in [2.05, 4.69) is 37.9 Å². The van der Waals surface area contributed by atoms with Crippen molar-refractivity contribution in [1.82, 2.24) is 29.9 Å². The standard InChI is InChI=1S/C22H23N7S/c1-29-12-16(20(28-29)13-6-7-13)15-10-18-17(23-11-15)8-9-19(24-18)25-22-27-26-21(30-22)14-4-2-3-5-14/h8-14H,2-7H2,1H3,(H,24,25,27). The first kappa shape index (κ1) is 17.9. The number of aryl methyl sites for hydroxylation is 1. The molecule has 2 saturated carbocycles. The number of nitrogens with zero attached hydrogens (tertiary/aromatic N) is 6. The summed E-state index contributed by atoms with van der Waals surface area (Å²) in [5.74, 6) is 1.93. The Morgan fingerprint density at radius 2 is 1.90 bits per heavy atom. The molecule has 2 aliphatic rings. The van der Waals surface area contributed by atoms with Gasteiger partial charge in [-0.3, -0.25) is 9.67 Å². The van der Waals surface area contributed by atoms with Crippen LogP contribution in [0.15, 0.2) is 30.6 Å². The van der Waals surface area contributed by atoms with Gasteiger partial charge in [-0.1, -0.05) is 24.2 Å². The predicted octanol–water partition coefficient (Wildman–Crippen LogP) is 5.16. The van der Waals surface area contributed by atoms with Crippen molar-refractivity contribution >= 4 is 33.3 Å². The average molecular weight is 418 g/mol. The molecule has 2 fully saturated rings. The van der Waals surface area contributed by atoms with Crippen molar-refractivity contribution in [3.63, 3.8) is 0 Å². The van der Waals surface area contributed by atoms with Gasteiger partial charge in [0.1, 0.15) is 10.8 Å². The van der Waals surface area contributed by atoms with Gasteiger partial charge in [0, 0.05) is 42.4 Å². The minimum atomic E-state index is 0.578. The first-order valence-corrected chi connectivity index (χ1v) is 11.5. The summed E-state index contributed by atoms with van der Waals surface area (Å²) < 4.78 is 1.90. The molecule has 4 aromatic rings. The maximum Gasteiger partial charge on any atom is 0.211 e. The lowest BCUT2D eigenvalue weighted by Crippen LogP contribution is -1.94. The molecule has 0 bridgehead atoms. The Balaban J connectivity index is 1.30. The van der Waals surface area contributed by atoms with Crippen molar-refractivity contribution in [2.24, 2.45) is 7.05 Å². The van der Waals surface area contributed by atoms with Crippen molar-refractivity contribution in [3.8, 4) is 11.1 Å². The molecule has 2 aliphatic carbocycles. The van der Waals surface area contributed by atoms with Crippen molar-refractivity contribution in [2.45, 2.75) is 50.4 Å². The van der Waals surface area contributed by atoms with Crippen molar-refractivity contribution < 1.29 is 0 Å².